The summed E-state index contributed by atoms with van der Waals surface area (Å²) < 4.78 is 1.21. The predicted molar refractivity (Wildman–Crippen MR) is 56.0 cm³/mol. The summed E-state index contributed by atoms with van der Waals surface area (Å²) in [6.07, 6.45) is 0. The van der Waals surface area contributed by atoms with Crippen molar-refractivity contribution in [1.82, 2.24) is 0 Å². The van der Waals surface area contributed by atoms with Gasteiger partial charge in [-0.05, 0) is 26.0 Å². The lowest BCUT2D eigenvalue weighted by atomic mass is 10.1. The lowest BCUT2D eigenvalue weighted by Gasteiger charge is -1.92. The zero-order valence-electron chi connectivity index (χ0n) is 7.59. The number of aryl methyl sites for hydroxylation is 2. The van der Waals surface area contributed by atoms with Gasteiger partial charge >= 0.3 is 0 Å². The van der Waals surface area contributed by atoms with Crippen molar-refractivity contribution in [2.75, 3.05) is 0 Å². The number of thiophene rings is 1. The fourth-order valence-electron chi connectivity index (χ4n) is 1.47. The van der Waals surface area contributed by atoms with Gasteiger partial charge in [-0.1, -0.05) is 11.6 Å². The molecule has 0 radical (unpaired) electrons. The van der Waals surface area contributed by atoms with Crippen LogP contribution in [-0.2, 0) is 0 Å². The molecule has 1 nitrogen and oxygen atoms in total. The minimum Gasteiger partial charge on any atom is -0.192 e. The van der Waals surface area contributed by atoms with E-state index in [1.54, 1.807) is 11.3 Å². The minimum atomic E-state index is 0.837. The second-order valence-electron chi connectivity index (χ2n) is 3.14. The molecule has 2 heteroatoms. The standard InChI is InChI=1S/C11H9NS/c1-7-3-4-11-9(5-7)10(6-12)8(2)13-11/h3-5H,1-2H3. The molecule has 0 saturated carbocycles. The van der Waals surface area contributed by atoms with E-state index in [1.165, 1.54) is 10.3 Å². The third-order valence-electron chi connectivity index (χ3n) is 2.13. The molecule has 0 aliphatic carbocycles. The van der Waals surface area contributed by atoms with E-state index in [-0.39, 0.29) is 0 Å². The second-order valence-corrected chi connectivity index (χ2v) is 4.40. The smallest absolute Gasteiger partial charge is 0.101 e. The van der Waals surface area contributed by atoms with E-state index in [0.29, 0.717) is 0 Å². The number of benzene rings is 1. The van der Waals surface area contributed by atoms with Gasteiger partial charge in [0.1, 0.15) is 6.07 Å². The number of hydrogen-bond acceptors (Lipinski definition) is 2. The van der Waals surface area contributed by atoms with Crippen LogP contribution in [0, 0.1) is 25.2 Å². The maximum absolute atomic E-state index is 8.95. The summed E-state index contributed by atoms with van der Waals surface area (Å²) in [6.45, 7) is 4.05. The molecular formula is C11H9NS. The highest BCUT2D eigenvalue weighted by Gasteiger charge is 2.07. The van der Waals surface area contributed by atoms with Crippen LogP contribution in [0.1, 0.15) is 16.0 Å². The first-order valence-corrected chi connectivity index (χ1v) is 4.94. The zero-order chi connectivity index (χ0) is 9.42. The fraction of sp³-hybridized carbons (Fsp3) is 0.182. The first kappa shape index (κ1) is 8.28. The number of fused-ring (bicyclic) bond motifs is 1. The average Bonchev–Trinajstić information content (AvgIpc) is 2.40. The molecule has 1 aromatic carbocycles. The summed E-state index contributed by atoms with van der Waals surface area (Å²) in [7, 11) is 0. The third-order valence-corrected chi connectivity index (χ3v) is 3.22. The largest absolute Gasteiger partial charge is 0.192 e. The normalized spacial score (nSPS) is 10.2. The van der Waals surface area contributed by atoms with Crippen molar-refractivity contribution in [3.63, 3.8) is 0 Å². The maximum atomic E-state index is 8.95. The molecule has 0 atom stereocenters. The first-order chi connectivity index (χ1) is 6.22. The van der Waals surface area contributed by atoms with Crippen molar-refractivity contribution < 1.29 is 0 Å². The van der Waals surface area contributed by atoms with Crippen LogP contribution < -0.4 is 0 Å². The number of rotatable bonds is 0. The third kappa shape index (κ3) is 1.22. The Morgan fingerprint density at radius 2 is 2.08 bits per heavy atom. The summed E-state index contributed by atoms with van der Waals surface area (Å²) in [5.41, 5.74) is 2.05. The van der Waals surface area contributed by atoms with Crippen LogP contribution >= 0.6 is 11.3 Å². The van der Waals surface area contributed by atoms with Gasteiger partial charge in [0.2, 0.25) is 0 Å². The lowest BCUT2D eigenvalue weighted by molar-refractivity contribution is 1.47. The Kier molecular flexibility index (Phi) is 1.82. The summed E-state index contributed by atoms with van der Waals surface area (Å²) in [5, 5.41) is 10.1. The molecule has 64 valence electrons. The van der Waals surface area contributed by atoms with E-state index in [2.05, 4.69) is 24.3 Å². The van der Waals surface area contributed by atoms with E-state index in [0.717, 1.165) is 15.8 Å². The number of nitriles is 1. The van der Waals surface area contributed by atoms with Crippen LogP contribution in [0.25, 0.3) is 10.1 Å². The Morgan fingerprint density at radius 1 is 1.31 bits per heavy atom. The molecule has 1 aromatic heterocycles. The molecule has 0 N–H and O–H groups in total. The molecular weight excluding hydrogens is 178 g/mol. The van der Waals surface area contributed by atoms with E-state index in [1.807, 2.05) is 13.8 Å². The molecule has 0 spiro atoms. The van der Waals surface area contributed by atoms with Crippen LogP contribution in [0.2, 0.25) is 0 Å². The van der Waals surface area contributed by atoms with Crippen LogP contribution in [0.3, 0.4) is 0 Å². The first-order valence-electron chi connectivity index (χ1n) is 4.12. The monoisotopic (exact) mass is 187 g/mol. The summed E-state index contributed by atoms with van der Waals surface area (Å²) in [6, 6.07) is 8.51. The summed E-state index contributed by atoms with van der Waals surface area (Å²) >= 11 is 1.69. The van der Waals surface area contributed by atoms with Gasteiger partial charge in [0.15, 0.2) is 0 Å². The van der Waals surface area contributed by atoms with E-state index >= 15 is 0 Å². The van der Waals surface area contributed by atoms with Gasteiger partial charge in [0, 0.05) is 15.0 Å². The van der Waals surface area contributed by atoms with Crippen molar-refractivity contribution in [1.29, 1.82) is 5.26 Å². The topological polar surface area (TPSA) is 23.8 Å². The second kappa shape index (κ2) is 2.86. The highest BCUT2D eigenvalue weighted by atomic mass is 32.1. The Balaban J connectivity index is 2.91. The van der Waals surface area contributed by atoms with Gasteiger partial charge in [-0.2, -0.15) is 5.26 Å². The number of nitrogens with zero attached hydrogens (tertiary/aromatic N) is 1. The van der Waals surface area contributed by atoms with Gasteiger partial charge in [-0.3, -0.25) is 0 Å². The van der Waals surface area contributed by atoms with Gasteiger partial charge in [0.25, 0.3) is 0 Å². The van der Waals surface area contributed by atoms with E-state index in [9.17, 15) is 0 Å². The molecule has 13 heavy (non-hydrogen) atoms. The highest BCUT2D eigenvalue weighted by molar-refractivity contribution is 7.19. The fourth-order valence-corrected chi connectivity index (χ4v) is 2.47. The van der Waals surface area contributed by atoms with Gasteiger partial charge in [-0.15, -0.1) is 11.3 Å². The van der Waals surface area contributed by atoms with Crippen molar-refractivity contribution in [2.24, 2.45) is 0 Å². The summed E-state index contributed by atoms with van der Waals surface area (Å²) in [4.78, 5) is 1.11. The molecule has 0 fully saturated rings. The van der Waals surface area contributed by atoms with Crippen molar-refractivity contribution in [2.45, 2.75) is 13.8 Å². The Hall–Kier alpha value is -1.33. The number of hydrogen-bond donors (Lipinski definition) is 0. The molecule has 1 heterocycles. The highest BCUT2D eigenvalue weighted by Crippen LogP contribution is 2.30. The van der Waals surface area contributed by atoms with Crippen LogP contribution in [0.5, 0.6) is 0 Å². The Morgan fingerprint density at radius 3 is 2.77 bits per heavy atom. The Labute approximate surface area is 81.2 Å². The minimum absolute atomic E-state index is 0.837. The molecule has 0 unspecified atom stereocenters. The molecule has 0 aliphatic rings. The zero-order valence-corrected chi connectivity index (χ0v) is 8.40. The summed E-state index contributed by atoms with van der Waals surface area (Å²) in [5.74, 6) is 0. The molecule has 0 amide bonds. The predicted octanol–water partition coefficient (Wildman–Crippen LogP) is 3.39. The van der Waals surface area contributed by atoms with E-state index < -0.39 is 0 Å². The van der Waals surface area contributed by atoms with Crippen LogP contribution in [-0.4, -0.2) is 0 Å². The molecule has 0 bridgehead atoms. The molecule has 2 aromatic rings. The van der Waals surface area contributed by atoms with Crippen LogP contribution in [0.15, 0.2) is 18.2 Å². The molecule has 0 aliphatic heterocycles. The quantitative estimate of drug-likeness (QED) is 0.620. The maximum Gasteiger partial charge on any atom is 0.101 e. The lowest BCUT2D eigenvalue weighted by Crippen LogP contribution is -1.74. The van der Waals surface area contributed by atoms with Gasteiger partial charge < -0.3 is 0 Å². The Bertz CT molecular complexity index is 503. The van der Waals surface area contributed by atoms with Crippen molar-refractivity contribution in [3.8, 4) is 6.07 Å². The van der Waals surface area contributed by atoms with Crippen LogP contribution in [0.4, 0.5) is 0 Å². The molecule has 2 rings (SSSR count). The van der Waals surface area contributed by atoms with Crippen molar-refractivity contribution >= 4 is 21.4 Å². The van der Waals surface area contributed by atoms with Gasteiger partial charge in [-0.25, -0.2) is 0 Å². The van der Waals surface area contributed by atoms with Crippen molar-refractivity contribution in [3.05, 3.63) is 34.2 Å². The average molecular weight is 187 g/mol. The van der Waals surface area contributed by atoms with Gasteiger partial charge in [0.05, 0.1) is 5.56 Å². The SMILES string of the molecule is Cc1ccc2sc(C)c(C#N)c2c1. The van der Waals surface area contributed by atoms with E-state index in [4.69, 9.17) is 5.26 Å². The molecule has 0 saturated heterocycles.